The predicted octanol–water partition coefficient (Wildman–Crippen LogP) is 1.61. The first-order valence-corrected chi connectivity index (χ1v) is 4.81. The van der Waals surface area contributed by atoms with Gasteiger partial charge in [-0.25, -0.2) is 9.37 Å². The maximum Gasteiger partial charge on any atom is 0.170 e. The van der Waals surface area contributed by atoms with Gasteiger partial charge >= 0.3 is 0 Å². The molecule has 1 heterocycles. The Bertz CT molecular complexity index is 470. The highest BCUT2D eigenvalue weighted by atomic mass is 19.1. The molecule has 0 aliphatic carbocycles. The van der Waals surface area contributed by atoms with Crippen molar-refractivity contribution in [2.75, 3.05) is 7.11 Å². The lowest BCUT2D eigenvalue weighted by Gasteiger charge is -2.12. The van der Waals surface area contributed by atoms with E-state index in [1.54, 1.807) is 30.6 Å². The first kappa shape index (κ1) is 10.6. The first-order valence-electron chi connectivity index (χ1n) is 4.81. The Balaban J connectivity index is 2.41. The van der Waals surface area contributed by atoms with Crippen LogP contribution in [0.2, 0.25) is 0 Å². The number of imidazole rings is 1. The van der Waals surface area contributed by atoms with Crippen LogP contribution in [0, 0.1) is 5.82 Å². The minimum Gasteiger partial charge on any atom is -0.494 e. The second-order valence-corrected chi connectivity index (χ2v) is 3.32. The van der Waals surface area contributed by atoms with Gasteiger partial charge in [-0.15, -0.1) is 0 Å². The van der Waals surface area contributed by atoms with Gasteiger partial charge in [0.05, 0.1) is 13.2 Å². The van der Waals surface area contributed by atoms with E-state index in [1.807, 2.05) is 0 Å². The zero-order chi connectivity index (χ0) is 11.5. The van der Waals surface area contributed by atoms with Crippen LogP contribution < -0.4 is 10.5 Å². The zero-order valence-electron chi connectivity index (χ0n) is 8.77. The summed E-state index contributed by atoms with van der Waals surface area (Å²) in [6.45, 7) is 0. The van der Waals surface area contributed by atoms with Gasteiger partial charge in [-0.1, -0.05) is 12.1 Å². The van der Waals surface area contributed by atoms with Crippen LogP contribution in [0.1, 0.15) is 17.4 Å². The molecule has 0 aliphatic heterocycles. The third-order valence-electron chi connectivity index (χ3n) is 2.36. The van der Waals surface area contributed by atoms with E-state index in [1.165, 1.54) is 7.11 Å². The third-order valence-corrected chi connectivity index (χ3v) is 2.36. The van der Waals surface area contributed by atoms with E-state index >= 15 is 0 Å². The molecule has 5 heteroatoms. The molecule has 0 bridgehead atoms. The monoisotopic (exact) mass is 221 g/mol. The highest BCUT2D eigenvalue weighted by Gasteiger charge is 2.17. The Morgan fingerprint density at radius 3 is 2.94 bits per heavy atom. The van der Waals surface area contributed by atoms with Crippen molar-refractivity contribution in [3.8, 4) is 5.75 Å². The number of H-pyrrole nitrogens is 1. The summed E-state index contributed by atoms with van der Waals surface area (Å²) in [5, 5.41) is 0. The van der Waals surface area contributed by atoms with E-state index < -0.39 is 11.9 Å². The fourth-order valence-electron chi connectivity index (χ4n) is 1.52. The van der Waals surface area contributed by atoms with Crippen LogP contribution >= 0.6 is 0 Å². The lowest BCUT2D eigenvalue weighted by atomic mass is 10.1. The van der Waals surface area contributed by atoms with E-state index in [0.29, 0.717) is 11.4 Å². The van der Waals surface area contributed by atoms with E-state index in [9.17, 15) is 4.39 Å². The van der Waals surface area contributed by atoms with Gasteiger partial charge in [0.25, 0.3) is 0 Å². The van der Waals surface area contributed by atoms with Gasteiger partial charge in [-0.3, -0.25) is 0 Å². The number of hydrogen-bond donors (Lipinski definition) is 2. The molecule has 0 fully saturated rings. The van der Waals surface area contributed by atoms with E-state index in [4.69, 9.17) is 10.5 Å². The van der Waals surface area contributed by atoms with Crippen molar-refractivity contribution in [2.45, 2.75) is 6.04 Å². The summed E-state index contributed by atoms with van der Waals surface area (Å²) in [5.74, 6) is 0.251. The molecule has 1 aromatic heterocycles. The van der Waals surface area contributed by atoms with Crippen molar-refractivity contribution in [2.24, 2.45) is 5.73 Å². The Labute approximate surface area is 92.3 Å². The summed E-state index contributed by atoms with van der Waals surface area (Å²) in [6.07, 6.45) is 3.22. The molecule has 0 amide bonds. The van der Waals surface area contributed by atoms with Crippen LogP contribution in [0.3, 0.4) is 0 Å². The standard InChI is InChI=1S/C11H12FN3O/c1-16-8-4-2-3-7(9(8)12)10(13)11-14-5-6-15-11/h2-6,10H,13H2,1H3,(H,14,15). The number of nitrogens with two attached hydrogens (primary N) is 1. The lowest BCUT2D eigenvalue weighted by Crippen LogP contribution is -2.15. The summed E-state index contributed by atoms with van der Waals surface area (Å²) < 4.78 is 18.8. The molecule has 0 aliphatic rings. The van der Waals surface area contributed by atoms with Crippen molar-refractivity contribution >= 4 is 0 Å². The fraction of sp³-hybridized carbons (Fsp3) is 0.182. The summed E-state index contributed by atoms with van der Waals surface area (Å²) in [7, 11) is 1.42. The number of methoxy groups -OCH3 is 1. The van der Waals surface area contributed by atoms with Crippen molar-refractivity contribution < 1.29 is 9.13 Å². The molecule has 1 aromatic carbocycles. The lowest BCUT2D eigenvalue weighted by molar-refractivity contribution is 0.383. The van der Waals surface area contributed by atoms with Crippen LogP contribution in [0.15, 0.2) is 30.6 Å². The molecule has 16 heavy (non-hydrogen) atoms. The summed E-state index contributed by atoms with van der Waals surface area (Å²) in [6, 6.07) is 4.24. The second kappa shape index (κ2) is 4.32. The molecule has 4 nitrogen and oxygen atoms in total. The molecule has 1 atom stereocenters. The maximum atomic E-state index is 13.9. The molecular formula is C11H12FN3O. The normalized spacial score (nSPS) is 12.4. The zero-order valence-corrected chi connectivity index (χ0v) is 8.77. The molecule has 2 rings (SSSR count). The summed E-state index contributed by atoms with van der Waals surface area (Å²) in [4.78, 5) is 6.86. The third kappa shape index (κ3) is 1.77. The Morgan fingerprint density at radius 2 is 2.31 bits per heavy atom. The van der Waals surface area contributed by atoms with Crippen molar-refractivity contribution in [1.29, 1.82) is 0 Å². The van der Waals surface area contributed by atoms with E-state index in [-0.39, 0.29) is 5.75 Å². The summed E-state index contributed by atoms with van der Waals surface area (Å²) in [5.41, 5.74) is 6.25. The Morgan fingerprint density at radius 1 is 1.50 bits per heavy atom. The van der Waals surface area contributed by atoms with Gasteiger partial charge in [0, 0.05) is 18.0 Å². The smallest absolute Gasteiger partial charge is 0.170 e. The average molecular weight is 221 g/mol. The number of aromatic nitrogens is 2. The Kier molecular flexibility index (Phi) is 2.87. The molecule has 0 spiro atoms. The highest BCUT2D eigenvalue weighted by Crippen LogP contribution is 2.26. The topological polar surface area (TPSA) is 63.9 Å². The average Bonchev–Trinajstić information content (AvgIpc) is 2.82. The van der Waals surface area contributed by atoms with Gasteiger partial charge in [-0.2, -0.15) is 0 Å². The van der Waals surface area contributed by atoms with Gasteiger partial charge in [0.2, 0.25) is 0 Å². The molecule has 0 saturated carbocycles. The quantitative estimate of drug-likeness (QED) is 0.827. The number of nitrogens with zero attached hydrogens (tertiary/aromatic N) is 1. The number of rotatable bonds is 3. The number of benzene rings is 1. The van der Waals surface area contributed by atoms with Gasteiger partial charge in [0.15, 0.2) is 11.6 Å². The minimum atomic E-state index is -0.620. The Hall–Kier alpha value is -1.88. The minimum absolute atomic E-state index is 0.180. The SMILES string of the molecule is COc1cccc(C(N)c2ncc[nH]2)c1F. The molecule has 84 valence electrons. The molecule has 0 radical (unpaired) electrons. The molecule has 0 saturated heterocycles. The van der Waals surface area contributed by atoms with Crippen LogP contribution in [0.25, 0.3) is 0 Å². The van der Waals surface area contributed by atoms with Crippen LogP contribution in [-0.4, -0.2) is 17.1 Å². The van der Waals surface area contributed by atoms with Crippen LogP contribution in [-0.2, 0) is 0 Å². The second-order valence-electron chi connectivity index (χ2n) is 3.32. The highest BCUT2D eigenvalue weighted by molar-refractivity contribution is 5.35. The fourth-order valence-corrected chi connectivity index (χ4v) is 1.52. The van der Waals surface area contributed by atoms with Gasteiger partial charge in [-0.05, 0) is 6.07 Å². The van der Waals surface area contributed by atoms with E-state index in [2.05, 4.69) is 9.97 Å². The molecular weight excluding hydrogens is 209 g/mol. The maximum absolute atomic E-state index is 13.9. The number of ether oxygens (including phenoxy) is 1. The number of nitrogens with one attached hydrogen (secondary N) is 1. The van der Waals surface area contributed by atoms with Crippen molar-refractivity contribution in [3.63, 3.8) is 0 Å². The molecule has 2 aromatic rings. The van der Waals surface area contributed by atoms with Crippen LogP contribution in [0.5, 0.6) is 5.75 Å². The number of hydrogen-bond acceptors (Lipinski definition) is 3. The van der Waals surface area contributed by atoms with Crippen molar-refractivity contribution in [1.82, 2.24) is 9.97 Å². The summed E-state index contributed by atoms with van der Waals surface area (Å²) >= 11 is 0. The first-order chi connectivity index (χ1) is 7.74. The van der Waals surface area contributed by atoms with Gasteiger partial charge in [0.1, 0.15) is 5.82 Å². The predicted molar refractivity (Wildman–Crippen MR) is 57.6 cm³/mol. The van der Waals surface area contributed by atoms with Gasteiger partial charge < -0.3 is 15.5 Å². The van der Waals surface area contributed by atoms with Crippen molar-refractivity contribution in [3.05, 3.63) is 47.8 Å². The van der Waals surface area contributed by atoms with Crippen LogP contribution in [0.4, 0.5) is 4.39 Å². The molecule has 1 unspecified atom stereocenters. The van der Waals surface area contributed by atoms with E-state index in [0.717, 1.165) is 0 Å². The number of halogens is 1. The number of aromatic amines is 1. The molecule has 3 N–H and O–H groups in total. The largest absolute Gasteiger partial charge is 0.494 e.